The largest absolute Gasteiger partial charge is 0.422 e. The summed E-state index contributed by atoms with van der Waals surface area (Å²) in [6, 6.07) is 16.2. The number of benzene rings is 3. The fourth-order valence-electron chi connectivity index (χ4n) is 2.56. The zero-order valence-corrected chi connectivity index (χ0v) is 20.2. The third kappa shape index (κ3) is 6.64. The van der Waals surface area contributed by atoms with Gasteiger partial charge in [0.05, 0.1) is 16.8 Å². The average Bonchev–Trinajstić information content (AvgIpc) is 2.78. The highest BCUT2D eigenvalue weighted by atomic mass is 79.9. The van der Waals surface area contributed by atoms with Crippen LogP contribution in [-0.4, -0.2) is 24.0 Å². The van der Waals surface area contributed by atoms with Gasteiger partial charge in [0, 0.05) is 20.7 Å². The molecule has 0 saturated carbocycles. The lowest BCUT2D eigenvalue weighted by molar-refractivity contribution is -0.136. The number of ether oxygens (including phenoxy) is 1. The Morgan fingerprint density at radius 1 is 0.970 bits per heavy atom. The van der Waals surface area contributed by atoms with Crippen molar-refractivity contribution in [1.82, 2.24) is 5.43 Å². The van der Waals surface area contributed by atoms with Crippen LogP contribution in [0.3, 0.4) is 0 Å². The van der Waals surface area contributed by atoms with Gasteiger partial charge in [-0.1, -0.05) is 57.3 Å². The number of amides is 2. The highest BCUT2D eigenvalue weighted by Crippen LogP contribution is 2.24. The predicted molar refractivity (Wildman–Crippen MR) is 131 cm³/mol. The van der Waals surface area contributed by atoms with Gasteiger partial charge < -0.3 is 10.1 Å². The molecule has 0 heterocycles. The normalized spacial score (nSPS) is 10.7. The van der Waals surface area contributed by atoms with Crippen molar-refractivity contribution in [3.05, 3.63) is 91.9 Å². The summed E-state index contributed by atoms with van der Waals surface area (Å²) in [7, 11) is 0. The minimum atomic E-state index is -0.993. The fraction of sp³-hybridized carbons (Fsp3) is 0.0435. The number of anilines is 1. The molecule has 3 aromatic rings. The summed E-state index contributed by atoms with van der Waals surface area (Å²) in [5.74, 6) is -2.39. The molecular formula is C23H16BrCl2N3O4. The van der Waals surface area contributed by atoms with E-state index in [1.807, 2.05) is 6.92 Å². The lowest BCUT2D eigenvalue weighted by atomic mass is 10.2. The van der Waals surface area contributed by atoms with E-state index in [4.69, 9.17) is 27.9 Å². The number of esters is 1. The topological polar surface area (TPSA) is 96.9 Å². The average molecular weight is 549 g/mol. The van der Waals surface area contributed by atoms with E-state index in [0.717, 1.165) is 5.56 Å². The molecule has 2 amide bonds. The molecule has 7 nitrogen and oxygen atoms in total. The Hall–Kier alpha value is -3.20. The van der Waals surface area contributed by atoms with E-state index in [-0.39, 0.29) is 16.3 Å². The number of nitrogens with zero attached hydrogens (tertiary/aromatic N) is 1. The summed E-state index contributed by atoms with van der Waals surface area (Å²) >= 11 is 15.4. The smallest absolute Gasteiger partial charge is 0.345 e. The molecule has 0 aliphatic heterocycles. The molecule has 10 heteroatoms. The second kappa shape index (κ2) is 11.1. The maximum Gasteiger partial charge on any atom is 0.345 e. The van der Waals surface area contributed by atoms with E-state index >= 15 is 0 Å². The molecule has 0 radical (unpaired) electrons. The molecule has 3 aromatic carbocycles. The van der Waals surface area contributed by atoms with Crippen LogP contribution in [0.25, 0.3) is 0 Å². The Morgan fingerprint density at radius 3 is 2.45 bits per heavy atom. The maximum atomic E-state index is 12.5. The predicted octanol–water partition coefficient (Wildman–Crippen LogP) is 5.37. The van der Waals surface area contributed by atoms with Crippen LogP contribution < -0.4 is 15.5 Å². The monoisotopic (exact) mass is 547 g/mol. The van der Waals surface area contributed by atoms with Gasteiger partial charge in [-0.15, -0.1) is 0 Å². The molecule has 0 atom stereocenters. The summed E-state index contributed by atoms with van der Waals surface area (Å²) in [5.41, 5.74) is 3.91. The lowest BCUT2D eigenvalue weighted by Gasteiger charge is -2.09. The second-order valence-electron chi connectivity index (χ2n) is 6.67. The maximum absolute atomic E-state index is 12.5. The van der Waals surface area contributed by atoms with Gasteiger partial charge in [-0.3, -0.25) is 9.59 Å². The first-order chi connectivity index (χ1) is 15.7. The third-order valence-corrected chi connectivity index (χ3v) is 5.50. The summed E-state index contributed by atoms with van der Waals surface area (Å²) < 4.78 is 6.11. The molecule has 0 saturated heterocycles. The minimum absolute atomic E-state index is 0.180. The number of hydrogen-bond donors (Lipinski definition) is 2. The zero-order valence-electron chi connectivity index (χ0n) is 17.1. The van der Waals surface area contributed by atoms with Gasteiger partial charge in [-0.05, 0) is 55.0 Å². The van der Waals surface area contributed by atoms with Crippen LogP contribution in [0, 0.1) is 6.92 Å². The molecule has 0 aliphatic carbocycles. The SMILES string of the molecule is Cc1ccc(NC(=O)C(=O)NN=Cc2cc(Br)ccc2OC(=O)c2ccccc2Cl)cc1Cl. The van der Waals surface area contributed by atoms with Crippen LogP contribution >= 0.6 is 39.1 Å². The van der Waals surface area contributed by atoms with Crippen molar-refractivity contribution in [3.8, 4) is 5.75 Å². The Bertz CT molecular complexity index is 1260. The van der Waals surface area contributed by atoms with Crippen molar-refractivity contribution in [2.24, 2.45) is 5.10 Å². The van der Waals surface area contributed by atoms with Crippen molar-refractivity contribution >= 4 is 68.8 Å². The second-order valence-corrected chi connectivity index (χ2v) is 8.40. The first-order valence-corrected chi connectivity index (χ1v) is 11.0. The highest BCUT2D eigenvalue weighted by Gasteiger charge is 2.16. The molecule has 2 N–H and O–H groups in total. The number of hydrogen-bond acceptors (Lipinski definition) is 5. The van der Waals surface area contributed by atoms with Gasteiger partial charge in [-0.25, -0.2) is 10.2 Å². The van der Waals surface area contributed by atoms with Gasteiger partial charge in [0.25, 0.3) is 0 Å². The Labute approximate surface area is 207 Å². The fourth-order valence-corrected chi connectivity index (χ4v) is 3.34. The van der Waals surface area contributed by atoms with Crippen LogP contribution in [0.15, 0.2) is 70.2 Å². The quantitative estimate of drug-likeness (QED) is 0.147. The summed E-state index contributed by atoms with van der Waals surface area (Å²) in [6.45, 7) is 1.82. The number of rotatable bonds is 5. The molecule has 0 bridgehead atoms. The lowest BCUT2D eigenvalue weighted by Crippen LogP contribution is -2.32. The van der Waals surface area contributed by atoms with Crippen molar-refractivity contribution in [1.29, 1.82) is 0 Å². The third-order valence-electron chi connectivity index (χ3n) is 4.27. The molecule has 168 valence electrons. The minimum Gasteiger partial charge on any atom is -0.422 e. The highest BCUT2D eigenvalue weighted by molar-refractivity contribution is 9.10. The summed E-state index contributed by atoms with van der Waals surface area (Å²) in [4.78, 5) is 36.6. The van der Waals surface area contributed by atoms with Crippen LogP contribution in [-0.2, 0) is 9.59 Å². The van der Waals surface area contributed by atoms with Gasteiger partial charge in [-0.2, -0.15) is 5.10 Å². The van der Waals surface area contributed by atoms with E-state index in [0.29, 0.717) is 20.7 Å². The van der Waals surface area contributed by atoms with Crippen molar-refractivity contribution in [3.63, 3.8) is 0 Å². The van der Waals surface area contributed by atoms with Gasteiger partial charge in [0.2, 0.25) is 0 Å². The van der Waals surface area contributed by atoms with Gasteiger partial charge in [0.15, 0.2) is 0 Å². The number of halogens is 3. The van der Waals surface area contributed by atoms with Crippen molar-refractivity contribution in [2.75, 3.05) is 5.32 Å². The van der Waals surface area contributed by atoms with Crippen LogP contribution in [0.2, 0.25) is 10.0 Å². The molecule has 0 fully saturated rings. The Kier molecular flexibility index (Phi) is 8.21. The first kappa shape index (κ1) is 24.4. The molecule has 0 aliphatic rings. The van der Waals surface area contributed by atoms with E-state index in [1.54, 1.807) is 48.5 Å². The van der Waals surface area contributed by atoms with E-state index in [9.17, 15) is 14.4 Å². The van der Waals surface area contributed by atoms with Gasteiger partial charge >= 0.3 is 17.8 Å². The van der Waals surface area contributed by atoms with Crippen LogP contribution in [0.5, 0.6) is 5.75 Å². The van der Waals surface area contributed by atoms with E-state index < -0.39 is 17.8 Å². The number of aryl methyl sites for hydroxylation is 1. The van der Waals surface area contributed by atoms with Crippen molar-refractivity contribution < 1.29 is 19.1 Å². The van der Waals surface area contributed by atoms with Crippen LogP contribution in [0.4, 0.5) is 5.69 Å². The summed E-state index contributed by atoms with van der Waals surface area (Å²) in [5, 5.41) is 6.93. The van der Waals surface area contributed by atoms with Crippen LogP contribution in [0.1, 0.15) is 21.5 Å². The number of nitrogens with one attached hydrogen (secondary N) is 2. The molecule has 3 rings (SSSR count). The molecule has 33 heavy (non-hydrogen) atoms. The number of carbonyl (C=O) groups is 3. The van der Waals surface area contributed by atoms with E-state index in [1.165, 1.54) is 18.3 Å². The molecule has 0 unspecified atom stereocenters. The summed E-state index contributed by atoms with van der Waals surface area (Å²) in [6.07, 6.45) is 1.24. The molecular weight excluding hydrogens is 533 g/mol. The Balaban J connectivity index is 1.67. The van der Waals surface area contributed by atoms with Crippen molar-refractivity contribution in [2.45, 2.75) is 6.92 Å². The standard InChI is InChI=1S/C23H16BrCl2N3O4/c1-13-6-8-16(11-19(13)26)28-21(30)22(31)29-27-12-14-10-15(24)7-9-20(14)33-23(32)17-4-2-3-5-18(17)25/h2-12H,1H3,(H,28,30)(H,29,31). The molecule has 0 aromatic heterocycles. The first-order valence-electron chi connectivity index (χ1n) is 9.41. The number of carbonyl (C=O) groups excluding carboxylic acids is 3. The Morgan fingerprint density at radius 2 is 1.73 bits per heavy atom. The zero-order chi connectivity index (χ0) is 24.0. The van der Waals surface area contributed by atoms with E-state index in [2.05, 4.69) is 31.8 Å². The van der Waals surface area contributed by atoms with Gasteiger partial charge in [0.1, 0.15) is 5.75 Å². The molecule has 0 spiro atoms. The number of hydrazone groups is 1.